The summed E-state index contributed by atoms with van der Waals surface area (Å²) in [4.78, 5) is 29.9. The lowest BCUT2D eigenvalue weighted by atomic mass is 10.2. The van der Waals surface area contributed by atoms with Crippen LogP contribution in [-0.4, -0.2) is 62.9 Å². The summed E-state index contributed by atoms with van der Waals surface area (Å²) in [7, 11) is 2.11. The molecule has 1 fully saturated rings. The third-order valence-electron chi connectivity index (χ3n) is 4.44. The first kappa shape index (κ1) is 20.9. The number of nitrogens with one attached hydrogen (secondary N) is 1. The van der Waals surface area contributed by atoms with Crippen LogP contribution in [0.4, 0.5) is 5.82 Å². The van der Waals surface area contributed by atoms with Crippen LogP contribution >= 0.6 is 24.8 Å². The van der Waals surface area contributed by atoms with E-state index in [1.165, 1.54) is 11.0 Å². The van der Waals surface area contributed by atoms with Crippen molar-refractivity contribution in [3.63, 3.8) is 0 Å². The molecule has 0 saturated carbocycles. The maximum Gasteiger partial charge on any atom is 0.280 e. The molecule has 1 N–H and O–H groups in total. The van der Waals surface area contributed by atoms with Gasteiger partial charge in [0.2, 0.25) is 0 Å². The first-order chi connectivity index (χ1) is 12.2. The highest BCUT2D eigenvalue weighted by atomic mass is 35.5. The molecule has 0 aromatic carbocycles. The van der Waals surface area contributed by atoms with E-state index in [4.69, 9.17) is 0 Å². The van der Waals surface area contributed by atoms with Gasteiger partial charge in [0.05, 0.1) is 5.56 Å². The number of piperazine rings is 1. The number of anilines is 1. The third-order valence-corrected chi connectivity index (χ3v) is 4.44. The Morgan fingerprint density at radius 2 is 1.81 bits per heavy atom. The Balaban J connectivity index is 0.00000131. The predicted octanol–water partition coefficient (Wildman–Crippen LogP) is 1.61. The molecule has 0 aliphatic carbocycles. The van der Waals surface area contributed by atoms with Gasteiger partial charge in [0, 0.05) is 56.4 Å². The number of rotatable bonds is 3. The molecule has 4 heterocycles. The monoisotopic (exact) mass is 409 g/mol. The molecule has 4 rings (SSSR count). The van der Waals surface area contributed by atoms with E-state index in [9.17, 15) is 4.79 Å². The smallest absolute Gasteiger partial charge is 0.280 e. The number of hydrogen-bond acceptors (Lipinski definition) is 6. The summed E-state index contributed by atoms with van der Waals surface area (Å²) in [5.74, 6) is 1.37. The molecule has 0 atom stereocenters. The fourth-order valence-corrected chi connectivity index (χ4v) is 2.94. The number of aromatic amines is 1. The minimum absolute atomic E-state index is 0. The minimum atomic E-state index is -0.156. The van der Waals surface area contributed by atoms with Gasteiger partial charge in [-0.1, -0.05) is 6.07 Å². The quantitative estimate of drug-likeness (QED) is 0.707. The largest absolute Gasteiger partial charge is 0.354 e. The zero-order valence-corrected chi connectivity index (χ0v) is 16.4. The molecule has 10 heteroatoms. The Labute approximate surface area is 169 Å². The number of hydrogen-bond donors (Lipinski definition) is 1. The zero-order valence-electron chi connectivity index (χ0n) is 14.8. The summed E-state index contributed by atoms with van der Waals surface area (Å²) in [5, 5.41) is 2.99. The van der Waals surface area contributed by atoms with Gasteiger partial charge in [-0.25, -0.2) is 14.6 Å². The van der Waals surface area contributed by atoms with Gasteiger partial charge in [0.15, 0.2) is 5.82 Å². The first-order valence-electron chi connectivity index (χ1n) is 8.19. The summed E-state index contributed by atoms with van der Waals surface area (Å²) in [6.45, 7) is 3.81. The highest BCUT2D eigenvalue weighted by molar-refractivity contribution is 5.85. The summed E-state index contributed by atoms with van der Waals surface area (Å²) < 4.78 is 1.43. The number of nitrogens with zero attached hydrogens (tertiary/aromatic N) is 6. The van der Waals surface area contributed by atoms with E-state index in [2.05, 4.69) is 36.9 Å². The van der Waals surface area contributed by atoms with Crippen molar-refractivity contribution in [1.82, 2.24) is 29.6 Å². The van der Waals surface area contributed by atoms with Crippen molar-refractivity contribution in [2.75, 3.05) is 38.1 Å². The predicted molar refractivity (Wildman–Crippen MR) is 109 cm³/mol. The van der Waals surface area contributed by atoms with Gasteiger partial charge in [-0.15, -0.1) is 24.8 Å². The lowest BCUT2D eigenvalue weighted by Gasteiger charge is -2.33. The van der Waals surface area contributed by atoms with Crippen LogP contribution in [0.25, 0.3) is 16.9 Å². The second kappa shape index (κ2) is 8.98. The molecule has 0 amide bonds. The van der Waals surface area contributed by atoms with Crippen LogP contribution in [0.3, 0.4) is 0 Å². The fraction of sp³-hybridized carbons (Fsp3) is 0.294. The van der Waals surface area contributed by atoms with E-state index < -0.39 is 0 Å². The average Bonchev–Trinajstić information content (AvgIpc) is 3.05. The Kier molecular flexibility index (Phi) is 6.95. The molecule has 1 saturated heterocycles. The normalized spacial score (nSPS) is 14.3. The molecule has 8 nitrogen and oxygen atoms in total. The van der Waals surface area contributed by atoms with E-state index >= 15 is 0 Å². The highest BCUT2D eigenvalue weighted by Crippen LogP contribution is 2.17. The number of pyridine rings is 1. The van der Waals surface area contributed by atoms with Gasteiger partial charge in [0.1, 0.15) is 12.1 Å². The van der Waals surface area contributed by atoms with Gasteiger partial charge in [-0.3, -0.25) is 14.9 Å². The Bertz CT molecular complexity index is 920. The van der Waals surface area contributed by atoms with Gasteiger partial charge >= 0.3 is 0 Å². The summed E-state index contributed by atoms with van der Waals surface area (Å²) in [6, 6.07) is 5.51. The second-order valence-corrected chi connectivity index (χ2v) is 6.09. The van der Waals surface area contributed by atoms with Crippen LogP contribution in [0, 0.1) is 0 Å². The van der Waals surface area contributed by atoms with E-state index in [-0.39, 0.29) is 30.4 Å². The molecule has 0 unspecified atom stereocenters. The number of H-pyrrole nitrogens is 1. The lowest BCUT2D eigenvalue weighted by molar-refractivity contribution is 0.312. The van der Waals surface area contributed by atoms with Crippen molar-refractivity contribution < 1.29 is 0 Å². The molecular weight excluding hydrogens is 389 g/mol. The van der Waals surface area contributed by atoms with Gasteiger partial charge in [0.25, 0.3) is 5.56 Å². The Hall–Kier alpha value is -2.42. The summed E-state index contributed by atoms with van der Waals surface area (Å²) in [6.07, 6.45) is 6.53. The second-order valence-electron chi connectivity index (χ2n) is 6.09. The molecule has 0 bridgehead atoms. The van der Waals surface area contributed by atoms with Crippen LogP contribution in [0.1, 0.15) is 0 Å². The SMILES string of the molecule is CN1CCN(c2cc(-n3[nH]cc(-c4cccnc4)c3=O)ncn2)CC1.Cl.Cl. The lowest BCUT2D eigenvalue weighted by Crippen LogP contribution is -2.44. The maximum absolute atomic E-state index is 12.7. The summed E-state index contributed by atoms with van der Waals surface area (Å²) >= 11 is 0. The van der Waals surface area contributed by atoms with Crippen molar-refractivity contribution in [1.29, 1.82) is 0 Å². The van der Waals surface area contributed by atoms with Gasteiger partial charge < -0.3 is 9.80 Å². The molecule has 1 aliphatic rings. The molecular formula is C17H21Cl2N7O. The van der Waals surface area contributed by atoms with E-state index in [1.54, 1.807) is 18.6 Å². The Morgan fingerprint density at radius 3 is 2.52 bits per heavy atom. The molecule has 0 radical (unpaired) electrons. The summed E-state index contributed by atoms with van der Waals surface area (Å²) in [5.41, 5.74) is 1.18. The molecule has 1 aliphatic heterocycles. The van der Waals surface area contributed by atoms with Crippen molar-refractivity contribution in [3.05, 3.63) is 53.5 Å². The minimum Gasteiger partial charge on any atom is -0.354 e. The van der Waals surface area contributed by atoms with Crippen LogP contribution in [-0.2, 0) is 0 Å². The van der Waals surface area contributed by atoms with Crippen molar-refractivity contribution in [2.45, 2.75) is 0 Å². The first-order valence-corrected chi connectivity index (χ1v) is 8.19. The van der Waals surface area contributed by atoms with Crippen molar-refractivity contribution in [2.24, 2.45) is 0 Å². The van der Waals surface area contributed by atoms with E-state index in [0.717, 1.165) is 37.6 Å². The Morgan fingerprint density at radius 1 is 1.07 bits per heavy atom. The van der Waals surface area contributed by atoms with Crippen LogP contribution in [0.5, 0.6) is 0 Å². The van der Waals surface area contributed by atoms with Crippen LogP contribution < -0.4 is 10.5 Å². The average molecular weight is 410 g/mol. The van der Waals surface area contributed by atoms with Gasteiger partial charge in [-0.05, 0) is 13.1 Å². The fourth-order valence-electron chi connectivity index (χ4n) is 2.94. The van der Waals surface area contributed by atoms with Crippen molar-refractivity contribution in [3.8, 4) is 16.9 Å². The van der Waals surface area contributed by atoms with E-state index in [0.29, 0.717) is 11.4 Å². The van der Waals surface area contributed by atoms with E-state index in [1.807, 2.05) is 18.2 Å². The topological polar surface area (TPSA) is 82.9 Å². The number of aromatic nitrogens is 5. The van der Waals surface area contributed by atoms with Gasteiger partial charge in [-0.2, -0.15) is 0 Å². The third kappa shape index (κ3) is 4.29. The molecule has 0 spiro atoms. The zero-order chi connectivity index (χ0) is 17.2. The molecule has 3 aromatic rings. The molecule has 3 aromatic heterocycles. The molecule has 144 valence electrons. The maximum atomic E-state index is 12.7. The number of halogens is 2. The van der Waals surface area contributed by atoms with Crippen LogP contribution in [0.2, 0.25) is 0 Å². The highest BCUT2D eigenvalue weighted by Gasteiger charge is 2.17. The number of likely N-dealkylation sites (N-methyl/N-ethyl adjacent to an activating group) is 1. The standard InChI is InChI=1S/C17H19N7O.2ClH/c1-22-5-7-23(8-6-22)15-9-16(20-12-19-15)24-17(25)14(11-21-24)13-3-2-4-18-10-13;;/h2-4,9-12,21H,5-8H2,1H3;2*1H. The van der Waals surface area contributed by atoms with Crippen LogP contribution in [0.15, 0.2) is 47.9 Å². The molecule has 27 heavy (non-hydrogen) atoms. The van der Waals surface area contributed by atoms with Crippen molar-refractivity contribution >= 4 is 30.6 Å².